The van der Waals surface area contributed by atoms with Crippen LogP contribution in [-0.4, -0.2) is 86.3 Å². The summed E-state index contributed by atoms with van der Waals surface area (Å²) in [6, 6.07) is 14.2. The summed E-state index contributed by atoms with van der Waals surface area (Å²) in [4.78, 5) is 20.8. The number of fused-ring (bicyclic) bond motifs is 1. The predicted molar refractivity (Wildman–Crippen MR) is 160 cm³/mol. The Bertz CT molecular complexity index is 1120. The van der Waals surface area contributed by atoms with E-state index < -0.39 is 0 Å². The first-order valence-electron chi connectivity index (χ1n) is 13.7. The van der Waals surface area contributed by atoms with Gasteiger partial charge in [-0.05, 0) is 55.2 Å². The van der Waals surface area contributed by atoms with Crippen molar-refractivity contribution in [3.05, 3.63) is 65.0 Å². The van der Waals surface area contributed by atoms with Gasteiger partial charge in [0.25, 0.3) is 0 Å². The number of rotatable bonds is 6. The molecule has 2 aromatic carbocycles. The first-order valence-corrected chi connectivity index (χ1v) is 13.7. The number of hydrogen-bond donors (Lipinski definition) is 1. The smallest absolute Gasteiger partial charge is 0.241 e. The average molecular weight is 582 g/mol. The third-order valence-electron chi connectivity index (χ3n) is 8.27. The second kappa shape index (κ2) is 13.3. The second-order valence-corrected chi connectivity index (χ2v) is 11.8. The molecule has 0 unspecified atom stereocenters. The van der Waals surface area contributed by atoms with E-state index in [0.717, 1.165) is 56.2 Å². The van der Waals surface area contributed by atoms with Crippen LogP contribution in [0.15, 0.2) is 42.5 Å². The van der Waals surface area contributed by atoms with E-state index in [2.05, 4.69) is 61.0 Å². The SMILES string of the molecule is C[C@@H]1CN(CC(=O)N2CC(C)(C)c3ccc(Cc4ccc(F)cc4)cc32)[C@@H](CN2CCOC[C@H]2C)CN1.Cl.Cl. The standard InChI is InChI=1S/C30H41FN4O2.2ClH/c1-21-16-34(26(15-32-21)17-33-11-12-37-19-22(33)2)18-29(36)35-20-30(3,4)27-10-7-24(14-28(27)35)13-23-5-8-25(31)9-6-23;;/h5-10,14,21-22,26,32H,11-13,15-20H2,1-4H3;2*1H/t21-,22-,26-;;/m1../s1. The maximum Gasteiger partial charge on any atom is 0.241 e. The maximum atomic E-state index is 13.9. The number of morpholine rings is 1. The lowest BCUT2D eigenvalue weighted by atomic mass is 9.86. The minimum Gasteiger partial charge on any atom is -0.379 e. The molecule has 3 heterocycles. The van der Waals surface area contributed by atoms with Crippen molar-refractivity contribution in [1.29, 1.82) is 0 Å². The average Bonchev–Trinajstić information content (AvgIpc) is 3.14. The van der Waals surface area contributed by atoms with Gasteiger partial charge in [0, 0.05) is 62.0 Å². The van der Waals surface area contributed by atoms with Crippen molar-refractivity contribution in [2.24, 2.45) is 0 Å². The van der Waals surface area contributed by atoms with Crippen molar-refractivity contribution in [2.45, 2.75) is 57.7 Å². The van der Waals surface area contributed by atoms with E-state index in [1.807, 2.05) is 17.0 Å². The molecule has 9 heteroatoms. The molecule has 3 aliphatic heterocycles. The Kier molecular flexibility index (Phi) is 10.8. The minimum atomic E-state index is -0.222. The van der Waals surface area contributed by atoms with Crippen LogP contribution in [0.25, 0.3) is 0 Å². The molecule has 39 heavy (non-hydrogen) atoms. The molecule has 0 spiro atoms. The molecule has 0 radical (unpaired) electrons. The van der Waals surface area contributed by atoms with Crippen LogP contribution in [0.4, 0.5) is 10.1 Å². The molecule has 3 aliphatic rings. The Hall–Kier alpha value is -1.74. The highest BCUT2D eigenvalue weighted by Crippen LogP contribution is 2.41. The molecular formula is C30H43Cl2FN4O2. The first-order chi connectivity index (χ1) is 17.7. The molecule has 1 N–H and O–H groups in total. The molecule has 0 saturated carbocycles. The summed E-state index contributed by atoms with van der Waals surface area (Å²) in [5.74, 6) is -0.0558. The summed E-state index contributed by atoms with van der Waals surface area (Å²) in [6.07, 6.45) is 0.713. The number of benzene rings is 2. The van der Waals surface area contributed by atoms with Crippen LogP contribution >= 0.6 is 24.8 Å². The lowest BCUT2D eigenvalue weighted by Gasteiger charge is -2.43. The molecule has 2 fully saturated rings. The van der Waals surface area contributed by atoms with Gasteiger partial charge in [0.2, 0.25) is 5.91 Å². The summed E-state index contributed by atoms with van der Waals surface area (Å²) in [5.41, 5.74) is 4.34. The normalized spacial score (nSPS) is 24.9. The van der Waals surface area contributed by atoms with Crippen molar-refractivity contribution in [3.63, 3.8) is 0 Å². The van der Waals surface area contributed by atoms with Crippen LogP contribution < -0.4 is 10.2 Å². The lowest BCUT2D eigenvalue weighted by molar-refractivity contribution is -0.121. The molecule has 0 bridgehead atoms. The molecule has 2 saturated heterocycles. The Morgan fingerprint density at radius 3 is 2.51 bits per heavy atom. The topological polar surface area (TPSA) is 48.1 Å². The van der Waals surface area contributed by atoms with E-state index in [1.54, 1.807) is 0 Å². The Labute approximate surface area is 245 Å². The van der Waals surface area contributed by atoms with Crippen LogP contribution in [0.1, 0.15) is 44.4 Å². The number of amides is 1. The third-order valence-corrected chi connectivity index (χ3v) is 8.27. The van der Waals surface area contributed by atoms with Crippen molar-refractivity contribution in [1.82, 2.24) is 15.1 Å². The number of nitrogens with zero attached hydrogens (tertiary/aromatic N) is 3. The maximum absolute atomic E-state index is 13.9. The Morgan fingerprint density at radius 1 is 1.08 bits per heavy atom. The summed E-state index contributed by atoms with van der Waals surface area (Å²) >= 11 is 0. The van der Waals surface area contributed by atoms with Crippen LogP contribution in [0.2, 0.25) is 0 Å². The number of anilines is 1. The fraction of sp³-hybridized carbons (Fsp3) is 0.567. The monoisotopic (exact) mass is 580 g/mol. The molecule has 5 rings (SSSR count). The van der Waals surface area contributed by atoms with Gasteiger partial charge in [-0.1, -0.05) is 38.1 Å². The van der Waals surface area contributed by atoms with Gasteiger partial charge in [0.1, 0.15) is 5.82 Å². The number of carbonyl (C=O) groups is 1. The van der Waals surface area contributed by atoms with E-state index in [0.29, 0.717) is 37.6 Å². The molecule has 216 valence electrons. The largest absolute Gasteiger partial charge is 0.379 e. The molecule has 6 nitrogen and oxygen atoms in total. The van der Waals surface area contributed by atoms with E-state index in [-0.39, 0.29) is 42.0 Å². The summed E-state index contributed by atoms with van der Waals surface area (Å²) < 4.78 is 19.0. The predicted octanol–water partition coefficient (Wildman–Crippen LogP) is 4.27. The van der Waals surface area contributed by atoms with Crippen LogP contribution in [-0.2, 0) is 21.4 Å². The highest BCUT2D eigenvalue weighted by Gasteiger charge is 2.39. The number of nitrogens with one attached hydrogen (secondary N) is 1. The van der Waals surface area contributed by atoms with Crippen molar-refractivity contribution in [2.75, 3.05) is 57.4 Å². The highest BCUT2D eigenvalue weighted by molar-refractivity contribution is 5.97. The Morgan fingerprint density at radius 2 is 1.79 bits per heavy atom. The van der Waals surface area contributed by atoms with Crippen LogP contribution in [0, 0.1) is 5.82 Å². The van der Waals surface area contributed by atoms with E-state index in [9.17, 15) is 9.18 Å². The zero-order valence-electron chi connectivity index (χ0n) is 23.5. The van der Waals surface area contributed by atoms with Gasteiger partial charge >= 0.3 is 0 Å². The van der Waals surface area contributed by atoms with Gasteiger partial charge in [-0.25, -0.2) is 4.39 Å². The molecule has 0 aromatic heterocycles. The van der Waals surface area contributed by atoms with Gasteiger partial charge in [-0.2, -0.15) is 0 Å². The van der Waals surface area contributed by atoms with Crippen LogP contribution in [0.3, 0.4) is 0 Å². The highest BCUT2D eigenvalue weighted by atomic mass is 35.5. The summed E-state index contributed by atoms with van der Waals surface area (Å²) in [5, 5.41) is 3.62. The number of ether oxygens (including phenoxy) is 1. The van der Waals surface area contributed by atoms with Gasteiger partial charge in [0.15, 0.2) is 0 Å². The number of halogens is 3. The molecule has 2 aromatic rings. The first kappa shape index (κ1) is 31.8. The lowest BCUT2D eigenvalue weighted by Crippen LogP contribution is -2.62. The van der Waals surface area contributed by atoms with E-state index in [4.69, 9.17) is 4.74 Å². The van der Waals surface area contributed by atoms with Crippen LogP contribution in [0.5, 0.6) is 0 Å². The number of piperazine rings is 1. The van der Waals surface area contributed by atoms with Crippen molar-refractivity contribution in [3.8, 4) is 0 Å². The fourth-order valence-corrected chi connectivity index (χ4v) is 6.08. The fourth-order valence-electron chi connectivity index (χ4n) is 6.08. The molecular weight excluding hydrogens is 538 g/mol. The minimum absolute atomic E-state index is 0. The molecule has 3 atom stereocenters. The van der Waals surface area contributed by atoms with Gasteiger partial charge in [-0.3, -0.25) is 14.6 Å². The van der Waals surface area contributed by atoms with Crippen molar-refractivity contribution < 1.29 is 13.9 Å². The second-order valence-electron chi connectivity index (χ2n) is 11.8. The van der Waals surface area contributed by atoms with Gasteiger partial charge in [0.05, 0.1) is 19.8 Å². The van der Waals surface area contributed by atoms with Gasteiger partial charge < -0.3 is 15.0 Å². The molecule has 1 amide bonds. The zero-order chi connectivity index (χ0) is 26.2. The molecule has 0 aliphatic carbocycles. The number of hydrogen-bond acceptors (Lipinski definition) is 5. The van der Waals surface area contributed by atoms with E-state index >= 15 is 0 Å². The Balaban J connectivity index is 0.00000210. The van der Waals surface area contributed by atoms with Gasteiger partial charge in [-0.15, -0.1) is 24.8 Å². The third kappa shape index (κ3) is 7.32. The van der Waals surface area contributed by atoms with Crippen molar-refractivity contribution >= 4 is 36.4 Å². The summed E-state index contributed by atoms with van der Waals surface area (Å²) in [7, 11) is 0. The quantitative estimate of drug-likeness (QED) is 0.553. The summed E-state index contributed by atoms with van der Waals surface area (Å²) in [6.45, 7) is 15.2. The zero-order valence-corrected chi connectivity index (χ0v) is 25.1. The number of carbonyl (C=O) groups excluding carboxylic acids is 1. The van der Waals surface area contributed by atoms with E-state index in [1.165, 1.54) is 17.7 Å².